The predicted octanol–water partition coefficient (Wildman–Crippen LogP) is 12.2. The molecule has 0 fully saturated rings. The lowest BCUT2D eigenvalue weighted by atomic mass is 10.1. The molecule has 0 saturated heterocycles. The van der Waals surface area contributed by atoms with Gasteiger partial charge in [0, 0.05) is 0 Å². The third kappa shape index (κ3) is 30.6. The largest absolute Gasteiger partial charge is 0.483 e. The third-order valence-corrected chi connectivity index (χ3v) is 7.55. The minimum Gasteiger partial charge on any atom is -0.483 e. The van der Waals surface area contributed by atoms with Gasteiger partial charge in [0.25, 0.3) is 0 Å². The van der Waals surface area contributed by atoms with Crippen molar-refractivity contribution in [1.82, 2.24) is 10.6 Å². The van der Waals surface area contributed by atoms with Crippen LogP contribution in [0.25, 0.3) is 0 Å². The zero-order valence-electron chi connectivity index (χ0n) is 35.2. The summed E-state index contributed by atoms with van der Waals surface area (Å²) in [4.78, 5) is 34.1. The second-order valence-electron chi connectivity index (χ2n) is 13.2. The van der Waals surface area contributed by atoms with E-state index in [-0.39, 0.29) is 19.1 Å². The molecule has 0 aromatic carbocycles. The lowest BCUT2D eigenvalue weighted by Crippen LogP contribution is -2.31. The molecule has 9 nitrogen and oxygen atoms in total. The topological polar surface area (TPSA) is 112 Å². The number of hydrogen-bond acceptors (Lipinski definition) is 7. The van der Waals surface area contributed by atoms with E-state index in [4.69, 9.17) is 14.2 Å². The Morgan fingerprint density at radius 2 is 0.821 bits per heavy atom. The average molecular weight is 769 g/mol. The Morgan fingerprint density at radius 1 is 0.464 bits per heavy atom. The summed E-state index contributed by atoms with van der Waals surface area (Å²) < 4.78 is 19.3. The van der Waals surface area contributed by atoms with E-state index in [1.807, 2.05) is 49.5 Å². The van der Waals surface area contributed by atoms with Gasteiger partial charge in [-0.3, -0.25) is 5.32 Å². The number of imide groups is 1. The van der Waals surface area contributed by atoms with Gasteiger partial charge in [-0.15, -0.1) is 0 Å². The Balaban J connectivity index is 4.68. The number of amides is 3. The van der Waals surface area contributed by atoms with Crippen molar-refractivity contribution in [2.24, 2.45) is 0 Å². The number of hydrogen-bond donors (Lipinski definition) is 2. The van der Waals surface area contributed by atoms with Crippen LogP contribution in [-0.2, 0) is 18.9 Å². The van der Waals surface area contributed by atoms with Crippen LogP contribution in [0.5, 0.6) is 0 Å². The number of carbonyl (C=O) groups excluding carboxylic acids is 3. The Bertz CT molecular complexity index is 1580. The Hall–Kier alpha value is -5.83. The highest BCUT2D eigenvalue weighted by molar-refractivity contribution is 5.87. The fourth-order valence-electron chi connectivity index (χ4n) is 4.18. The van der Waals surface area contributed by atoms with E-state index in [0.717, 1.165) is 59.1 Å². The van der Waals surface area contributed by atoms with Crippen LogP contribution < -0.4 is 10.6 Å². The number of nitrogens with one attached hydrogen (secondary N) is 2. The van der Waals surface area contributed by atoms with Gasteiger partial charge in [0.05, 0.1) is 14.2 Å². The van der Waals surface area contributed by atoms with E-state index < -0.39 is 18.3 Å². The number of ether oxygens (including phenoxy) is 4. The third-order valence-electron chi connectivity index (χ3n) is 7.55. The quantitative estimate of drug-likeness (QED) is 0.0488. The lowest BCUT2D eigenvalue weighted by Gasteiger charge is -2.08. The molecule has 0 aliphatic heterocycles. The molecule has 0 aromatic heterocycles. The minimum absolute atomic E-state index is 0.110. The van der Waals surface area contributed by atoms with Crippen LogP contribution in [0.2, 0.25) is 0 Å². The van der Waals surface area contributed by atoms with Crippen molar-refractivity contribution in [1.29, 1.82) is 0 Å². The first-order valence-corrected chi connectivity index (χ1v) is 18.5. The van der Waals surface area contributed by atoms with Crippen LogP contribution in [0.4, 0.5) is 14.4 Å². The van der Waals surface area contributed by atoms with E-state index in [0.29, 0.717) is 0 Å². The number of allylic oxidation sites excluding steroid dienone is 24. The van der Waals surface area contributed by atoms with E-state index in [9.17, 15) is 14.4 Å². The molecule has 0 aliphatic rings. The Morgan fingerprint density at radius 3 is 1.20 bits per heavy atom. The maximum atomic E-state index is 11.6. The molecule has 0 bridgehead atoms. The van der Waals surface area contributed by atoms with Gasteiger partial charge in [-0.05, 0) is 98.8 Å². The number of rotatable bonds is 22. The van der Waals surface area contributed by atoms with Crippen molar-refractivity contribution >= 4 is 18.3 Å². The normalized spacial score (nSPS) is 14.4. The Labute approximate surface area is 336 Å². The molecular weight excluding hydrogens is 705 g/mol. The van der Waals surface area contributed by atoms with E-state index >= 15 is 0 Å². The monoisotopic (exact) mass is 768 g/mol. The molecule has 0 unspecified atom stereocenters. The standard InChI is InChI=1S/C47H64N2O7/c1-36(22-14-24-38(3)26-16-28-40(5)30-18-32-42(7)34-55-46(51)48-44(9)53-10)20-12-13-21-37(2)23-15-25-39(4)27-17-29-41(6)31-19-33-43(8)35-56-47(52)49-45(50)54-11/h12-17,20-29,32-33H,9,18-19,30-31,34-35H2,1-8,10-11H3,(H,48,51)(H,49,50,52)/b13-12+,22-14+,23-15+,26-16+,27-17+,36-20+,37-21+,38-24+,39-25+,40-28+,41-29+,42-32+,43-33+. The van der Waals surface area contributed by atoms with Gasteiger partial charge in [-0.2, -0.15) is 0 Å². The second kappa shape index (κ2) is 31.5. The van der Waals surface area contributed by atoms with E-state index in [1.54, 1.807) is 0 Å². The minimum atomic E-state index is -0.852. The first-order chi connectivity index (χ1) is 26.6. The molecule has 2 N–H and O–H groups in total. The maximum absolute atomic E-state index is 11.6. The van der Waals surface area contributed by atoms with Crippen molar-refractivity contribution < 1.29 is 33.3 Å². The summed E-state index contributed by atoms with van der Waals surface area (Å²) >= 11 is 0. The van der Waals surface area contributed by atoms with E-state index in [1.165, 1.54) is 25.4 Å². The summed E-state index contributed by atoms with van der Waals surface area (Å²) in [5.41, 5.74) is 8.97. The highest BCUT2D eigenvalue weighted by Gasteiger charge is 2.08. The number of alkyl carbamates (subject to hydrolysis) is 3. The SMILES string of the molecule is C=C(NC(=O)OC/C(C)=C/CC/C(C)=C/C=C/C(C)=C/C=C/C(C)=C/C=C/C=C(C)/C=C/C=C(C)/C=C/C=C(\C)CC/C=C(\C)COC(=O)NC(=O)OC)OC. The maximum Gasteiger partial charge on any atom is 0.416 e. The predicted molar refractivity (Wildman–Crippen MR) is 232 cm³/mol. The molecule has 0 aliphatic carbocycles. The van der Waals surface area contributed by atoms with Gasteiger partial charge >= 0.3 is 18.3 Å². The van der Waals surface area contributed by atoms with Crippen LogP contribution >= 0.6 is 0 Å². The van der Waals surface area contributed by atoms with Crippen molar-refractivity contribution in [3.05, 3.63) is 166 Å². The Kier molecular flexibility index (Phi) is 28.2. The van der Waals surface area contributed by atoms with Gasteiger partial charge < -0.3 is 18.9 Å². The summed E-state index contributed by atoms with van der Waals surface area (Å²) in [6, 6.07) is 0. The van der Waals surface area contributed by atoms with Crippen LogP contribution in [0, 0.1) is 0 Å². The lowest BCUT2D eigenvalue weighted by molar-refractivity contribution is 0.140. The molecular formula is C47H64N2O7. The highest BCUT2D eigenvalue weighted by Crippen LogP contribution is 2.10. The first-order valence-electron chi connectivity index (χ1n) is 18.5. The van der Waals surface area contributed by atoms with Gasteiger partial charge in [-0.1, -0.05) is 143 Å². The van der Waals surface area contributed by atoms with Crippen molar-refractivity contribution in [2.75, 3.05) is 27.4 Å². The van der Waals surface area contributed by atoms with Crippen molar-refractivity contribution in [2.45, 2.75) is 81.1 Å². The summed E-state index contributed by atoms with van der Waals surface area (Å²) in [5, 5.41) is 4.34. The fraction of sp³-hybridized carbons (Fsp3) is 0.340. The van der Waals surface area contributed by atoms with Crippen LogP contribution in [0.3, 0.4) is 0 Å². The summed E-state index contributed by atoms with van der Waals surface area (Å²) in [6.07, 6.45) is 38.5. The number of carbonyl (C=O) groups is 3. The first kappa shape index (κ1) is 50.2. The smallest absolute Gasteiger partial charge is 0.416 e. The molecule has 0 rings (SSSR count). The molecule has 0 saturated carbocycles. The number of methoxy groups -OCH3 is 2. The molecule has 56 heavy (non-hydrogen) atoms. The summed E-state index contributed by atoms with van der Waals surface area (Å²) in [7, 11) is 2.60. The van der Waals surface area contributed by atoms with Crippen molar-refractivity contribution in [3.8, 4) is 0 Å². The van der Waals surface area contributed by atoms with Crippen LogP contribution in [0.1, 0.15) is 81.1 Å². The van der Waals surface area contributed by atoms with Gasteiger partial charge in [-0.25, -0.2) is 19.7 Å². The van der Waals surface area contributed by atoms with Crippen LogP contribution in [-0.4, -0.2) is 45.7 Å². The zero-order chi connectivity index (χ0) is 42.1. The molecule has 0 aromatic rings. The highest BCUT2D eigenvalue weighted by atomic mass is 16.6. The van der Waals surface area contributed by atoms with E-state index in [2.05, 4.69) is 137 Å². The molecule has 0 atom stereocenters. The van der Waals surface area contributed by atoms with Gasteiger partial charge in [0.2, 0.25) is 0 Å². The van der Waals surface area contributed by atoms with Gasteiger partial charge in [0.15, 0.2) is 5.88 Å². The molecule has 0 heterocycles. The molecule has 3 amide bonds. The molecule has 304 valence electrons. The summed E-state index contributed by atoms with van der Waals surface area (Å²) in [5.74, 6) is 0.146. The molecule has 9 heteroatoms. The van der Waals surface area contributed by atoms with Crippen LogP contribution in [0.15, 0.2) is 166 Å². The molecule has 0 spiro atoms. The average Bonchev–Trinajstić information content (AvgIpc) is 3.14. The fourth-order valence-corrected chi connectivity index (χ4v) is 4.18. The zero-order valence-corrected chi connectivity index (χ0v) is 35.2. The molecule has 0 radical (unpaired) electrons. The second-order valence-corrected chi connectivity index (χ2v) is 13.2. The van der Waals surface area contributed by atoms with Crippen molar-refractivity contribution in [3.63, 3.8) is 0 Å². The van der Waals surface area contributed by atoms with Gasteiger partial charge in [0.1, 0.15) is 13.2 Å². The summed E-state index contributed by atoms with van der Waals surface area (Å²) in [6.45, 7) is 20.1.